The highest BCUT2D eigenvalue weighted by Gasteiger charge is 2.12. The molecule has 0 saturated heterocycles. The van der Waals surface area contributed by atoms with E-state index in [2.05, 4.69) is 5.32 Å². The van der Waals surface area contributed by atoms with Crippen LogP contribution >= 0.6 is 0 Å². The van der Waals surface area contributed by atoms with Gasteiger partial charge in [-0.15, -0.1) is 0 Å². The van der Waals surface area contributed by atoms with Crippen LogP contribution < -0.4 is 5.32 Å². The molecular weight excluding hydrogens is 276 g/mol. The third-order valence-corrected chi connectivity index (χ3v) is 3.21. The summed E-state index contributed by atoms with van der Waals surface area (Å²) in [6.07, 6.45) is 0. The monoisotopic (exact) mass is 291 g/mol. The molecule has 0 spiro atoms. The van der Waals surface area contributed by atoms with Gasteiger partial charge in [0, 0.05) is 18.3 Å². The van der Waals surface area contributed by atoms with Crippen LogP contribution in [0.2, 0.25) is 0 Å². The number of carboxylic acids is 1. The second-order valence-corrected chi connectivity index (χ2v) is 4.81. The van der Waals surface area contributed by atoms with Gasteiger partial charge in [0.2, 0.25) is 0 Å². The lowest BCUT2D eigenvalue weighted by atomic mass is 10.00. The first-order valence-corrected chi connectivity index (χ1v) is 6.47. The number of aliphatic carboxylic acids is 1. The largest absolute Gasteiger partial charge is 0.481 e. The van der Waals surface area contributed by atoms with Crippen molar-refractivity contribution in [3.63, 3.8) is 0 Å². The molecule has 0 fully saturated rings. The summed E-state index contributed by atoms with van der Waals surface area (Å²) >= 11 is 0. The van der Waals surface area contributed by atoms with Crippen molar-refractivity contribution in [2.45, 2.75) is 19.4 Å². The molecule has 2 aromatic carbocycles. The van der Waals surface area contributed by atoms with Gasteiger partial charge in [0.05, 0.1) is 5.92 Å². The number of carbonyl (C=O) groups is 1. The van der Waals surface area contributed by atoms with Gasteiger partial charge < -0.3 is 10.4 Å². The second kappa shape index (κ2) is 6.35. The first-order valence-electron chi connectivity index (χ1n) is 6.47. The van der Waals surface area contributed by atoms with Gasteiger partial charge in [-0.3, -0.25) is 4.79 Å². The van der Waals surface area contributed by atoms with Crippen LogP contribution in [-0.4, -0.2) is 11.1 Å². The highest BCUT2D eigenvalue weighted by molar-refractivity contribution is 5.75. The van der Waals surface area contributed by atoms with Crippen LogP contribution in [0.5, 0.6) is 0 Å². The summed E-state index contributed by atoms with van der Waals surface area (Å²) in [5, 5.41) is 11.8. The summed E-state index contributed by atoms with van der Waals surface area (Å²) in [6, 6.07) is 10.3. The lowest BCUT2D eigenvalue weighted by Gasteiger charge is -2.10. The van der Waals surface area contributed by atoms with Gasteiger partial charge in [-0.2, -0.15) is 0 Å². The zero-order valence-corrected chi connectivity index (χ0v) is 11.4. The quantitative estimate of drug-likeness (QED) is 0.881. The zero-order valence-electron chi connectivity index (χ0n) is 11.4. The predicted octanol–water partition coefficient (Wildman–Crippen LogP) is 3.77. The Labute approximate surface area is 121 Å². The maximum atomic E-state index is 13.0. The van der Waals surface area contributed by atoms with E-state index in [9.17, 15) is 13.6 Å². The van der Waals surface area contributed by atoms with Gasteiger partial charge >= 0.3 is 5.97 Å². The van der Waals surface area contributed by atoms with Crippen molar-refractivity contribution >= 4 is 11.7 Å². The molecule has 1 atom stereocenters. The maximum Gasteiger partial charge on any atom is 0.310 e. The van der Waals surface area contributed by atoms with E-state index >= 15 is 0 Å². The zero-order chi connectivity index (χ0) is 15.4. The molecule has 2 N–H and O–H groups in total. The van der Waals surface area contributed by atoms with Crippen molar-refractivity contribution in [2.75, 3.05) is 5.32 Å². The molecule has 110 valence electrons. The normalized spacial score (nSPS) is 12.0. The number of hydrogen-bond donors (Lipinski definition) is 2. The number of hydrogen-bond acceptors (Lipinski definition) is 2. The number of carboxylic acid groups (broad SMARTS) is 1. The molecule has 0 saturated carbocycles. The minimum absolute atomic E-state index is 0.357. The van der Waals surface area contributed by atoms with Crippen LogP contribution in [0.25, 0.3) is 0 Å². The molecule has 0 heterocycles. The SMILES string of the molecule is CC(C(=O)O)c1ccc(CNc2cc(F)cc(F)c2)cc1. The molecule has 0 bridgehead atoms. The van der Waals surface area contributed by atoms with Crippen molar-refractivity contribution in [1.29, 1.82) is 0 Å². The number of anilines is 1. The molecule has 3 nitrogen and oxygen atoms in total. The molecule has 2 rings (SSSR count). The number of nitrogens with one attached hydrogen (secondary N) is 1. The Morgan fingerprint density at radius 1 is 1.14 bits per heavy atom. The van der Waals surface area contributed by atoms with Crippen molar-refractivity contribution in [3.05, 3.63) is 65.2 Å². The molecule has 0 aliphatic heterocycles. The van der Waals surface area contributed by atoms with Crippen LogP contribution in [0, 0.1) is 11.6 Å². The summed E-state index contributed by atoms with van der Waals surface area (Å²) in [5.74, 6) is -2.72. The van der Waals surface area contributed by atoms with Gasteiger partial charge in [-0.05, 0) is 30.2 Å². The Kier molecular flexibility index (Phi) is 4.52. The molecule has 21 heavy (non-hydrogen) atoms. The van der Waals surface area contributed by atoms with Gasteiger partial charge in [-0.25, -0.2) is 8.78 Å². The molecule has 2 aromatic rings. The van der Waals surface area contributed by atoms with Crippen LogP contribution in [0.4, 0.5) is 14.5 Å². The van der Waals surface area contributed by atoms with E-state index in [1.165, 1.54) is 12.1 Å². The fourth-order valence-corrected chi connectivity index (χ4v) is 1.93. The van der Waals surface area contributed by atoms with Crippen molar-refractivity contribution in [1.82, 2.24) is 0 Å². The summed E-state index contributed by atoms with van der Waals surface area (Å²) < 4.78 is 26.1. The molecule has 0 aliphatic rings. The summed E-state index contributed by atoms with van der Waals surface area (Å²) in [5.41, 5.74) is 1.96. The van der Waals surface area contributed by atoms with Gasteiger partial charge in [0.15, 0.2) is 0 Å². The minimum Gasteiger partial charge on any atom is -0.481 e. The van der Waals surface area contributed by atoms with Gasteiger partial charge in [0.25, 0.3) is 0 Å². The van der Waals surface area contributed by atoms with Crippen molar-refractivity contribution < 1.29 is 18.7 Å². The average Bonchev–Trinajstić information content (AvgIpc) is 2.44. The van der Waals surface area contributed by atoms with Crippen LogP contribution in [0.15, 0.2) is 42.5 Å². The fraction of sp³-hybridized carbons (Fsp3) is 0.188. The smallest absolute Gasteiger partial charge is 0.310 e. The number of halogens is 2. The molecule has 0 aliphatic carbocycles. The Bertz CT molecular complexity index is 621. The molecule has 1 unspecified atom stereocenters. The lowest BCUT2D eigenvalue weighted by Crippen LogP contribution is -2.07. The summed E-state index contributed by atoms with van der Waals surface area (Å²) in [4.78, 5) is 10.9. The molecule has 5 heteroatoms. The Morgan fingerprint density at radius 2 is 1.71 bits per heavy atom. The fourth-order valence-electron chi connectivity index (χ4n) is 1.93. The highest BCUT2D eigenvalue weighted by atomic mass is 19.1. The average molecular weight is 291 g/mol. The van der Waals surface area contributed by atoms with Gasteiger partial charge in [-0.1, -0.05) is 24.3 Å². The maximum absolute atomic E-state index is 13.0. The molecular formula is C16H15F2NO2. The van der Waals surface area contributed by atoms with E-state index < -0.39 is 23.5 Å². The summed E-state index contributed by atoms with van der Waals surface area (Å²) in [6.45, 7) is 2.01. The van der Waals surface area contributed by atoms with Crippen molar-refractivity contribution in [2.24, 2.45) is 0 Å². The number of rotatable bonds is 5. The Morgan fingerprint density at radius 3 is 2.24 bits per heavy atom. The molecule has 0 aromatic heterocycles. The first kappa shape index (κ1) is 15.0. The summed E-state index contributed by atoms with van der Waals surface area (Å²) in [7, 11) is 0. The van der Waals surface area contributed by atoms with E-state index in [1.54, 1.807) is 31.2 Å². The first-order chi connectivity index (χ1) is 9.95. The lowest BCUT2D eigenvalue weighted by molar-refractivity contribution is -0.138. The standard InChI is InChI=1S/C16H15F2NO2/c1-10(16(20)21)12-4-2-11(3-5-12)9-19-15-7-13(17)6-14(18)8-15/h2-8,10,19H,9H2,1H3,(H,20,21). The van der Waals surface area contributed by atoms with Crippen LogP contribution in [-0.2, 0) is 11.3 Å². The highest BCUT2D eigenvalue weighted by Crippen LogP contribution is 2.17. The van der Waals surface area contributed by atoms with Crippen LogP contribution in [0.3, 0.4) is 0 Å². The van der Waals surface area contributed by atoms with E-state index in [-0.39, 0.29) is 0 Å². The van der Waals surface area contributed by atoms with Crippen molar-refractivity contribution in [3.8, 4) is 0 Å². The van der Waals surface area contributed by atoms with E-state index in [1.807, 2.05) is 0 Å². The number of benzene rings is 2. The topological polar surface area (TPSA) is 49.3 Å². The predicted molar refractivity (Wildman–Crippen MR) is 76.2 cm³/mol. The van der Waals surface area contributed by atoms with E-state index in [4.69, 9.17) is 5.11 Å². The molecule has 0 radical (unpaired) electrons. The minimum atomic E-state index is -0.879. The third kappa shape index (κ3) is 4.02. The van der Waals surface area contributed by atoms with Gasteiger partial charge in [0.1, 0.15) is 11.6 Å². The Balaban J connectivity index is 2.02. The second-order valence-electron chi connectivity index (χ2n) is 4.81. The van der Waals surface area contributed by atoms with E-state index in [0.29, 0.717) is 17.8 Å². The third-order valence-electron chi connectivity index (χ3n) is 3.21. The Hall–Kier alpha value is -2.43. The molecule has 0 amide bonds. The van der Waals surface area contributed by atoms with Crippen LogP contribution in [0.1, 0.15) is 24.0 Å². The van der Waals surface area contributed by atoms with E-state index in [0.717, 1.165) is 11.6 Å².